The molecule has 1 heterocycles. The molecule has 0 aliphatic carbocycles. The maximum atomic E-state index is 11.7. The van der Waals surface area contributed by atoms with Gasteiger partial charge in [0.05, 0.1) is 7.11 Å². The van der Waals surface area contributed by atoms with E-state index in [0.29, 0.717) is 0 Å². The summed E-state index contributed by atoms with van der Waals surface area (Å²) in [4.78, 5) is 3.37. The molecule has 0 aliphatic rings. The van der Waals surface area contributed by atoms with Crippen molar-refractivity contribution in [1.82, 2.24) is 4.98 Å². The van der Waals surface area contributed by atoms with Gasteiger partial charge in [-0.05, 0) is 12.1 Å². The molecule has 1 rings (SSSR count). The van der Waals surface area contributed by atoms with Crippen LogP contribution in [-0.4, -0.2) is 18.5 Å². The van der Waals surface area contributed by atoms with E-state index in [1.54, 1.807) is 0 Å². The SMILES string of the molecule is COc1cccnc1OC(F)(F)F. The number of alkyl halides is 3. The highest BCUT2D eigenvalue weighted by Crippen LogP contribution is 2.28. The molecule has 0 atom stereocenters. The second-order valence-electron chi connectivity index (χ2n) is 2.06. The van der Waals surface area contributed by atoms with Crippen molar-refractivity contribution in [1.29, 1.82) is 0 Å². The summed E-state index contributed by atoms with van der Waals surface area (Å²) in [6.45, 7) is 0. The Labute approximate surface area is 72.1 Å². The first-order valence-electron chi connectivity index (χ1n) is 3.27. The summed E-state index contributed by atoms with van der Waals surface area (Å²) in [7, 11) is 1.24. The lowest BCUT2D eigenvalue weighted by Gasteiger charge is -2.10. The quantitative estimate of drug-likeness (QED) is 0.719. The third-order valence-electron chi connectivity index (χ3n) is 1.17. The van der Waals surface area contributed by atoms with Crippen LogP contribution < -0.4 is 9.47 Å². The van der Waals surface area contributed by atoms with Crippen molar-refractivity contribution in [2.75, 3.05) is 7.11 Å². The van der Waals surface area contributed by atoms with Crippen LogP contribution in [0, 0.1) is 0 Å². The molecule has 0 aromatic carbocycles. The fraction of sp³-hybridized carbons (Fsp3) is 0.286. The second kappa shape index (κ2) is 3.51. The topological polar surface area (TPSA) is 31.4 Å². The molecule has 0 radical (unpaired) electrons. The van der Waals surface area contributed by atoms with Crippen LogP contribution in [0.5, 0.6) is 11.6 Å². The molecule has 1 aromatic heterocycles. The van der Waals surface area contributed by atoms with Crippen LogP contribution >= 0.6 is 0 Å². The van der Waals surface area contributed by atoms with Crippen molar-refractivity contribution in [2.24, 2.45) is 0 Å². The summed E-state index contributed by atoms with van der Waals surface area (Å²) in [5, 5.41) is 0. The van der Waals surface area contributed by atoms with Crippen molar-refractivity contribution in [2.45, 2.75) is 6.36 Å². The minimum absolute atomic E-state index is 0.0557. The summed E-state index contributed by atoms with van der Waals surface area (Å²) in [6, 6.07) is 2.77. The van der Waals surface area contributed by atoms with Gasteiger partial charge in [0.25, 0.3) is 5.88 Å². The van der Waals surface area contributed by atoms with Gasteiger partial charge in [-0.15, -0.1) is 13.2 Å². The lowest BCUT2D eigenvalue weighted by atomic mass is 10.4. The molecule has 0 saturated carbocycles. The van der Waals surface area contributed by atoms with Crippen LogP contribution in [0.2, 0.25) is 0 Å². The number of nitrogens with zero attached hydrogens (tertiary/aromatic N) is 1. The molecular weight excluding hydrogens is 187 g/mol. The standard InChI is InChI=1S/C7H6F3NO2/c1-12-5-3-2-4-11-6(5)13-7(8,9)10/h2-4H,1H3. The minimum atomic E-state index is -4.75. The number of hydrogen-bond donors (Lipinski definition) is 0. The third kappa shape index (κ3) is 2.81. The van der Waals surface area contributed by atoms with Gasteiger partial charge >= 0.3 is 6.36 Å². The Morgan fingerprint density at radius 1 is 1.38 bits per heavy atom. The Bertz CT molecular complexity index is 287. The van der Waals surface area contributed by atoms with Crippen LogP contribution in [0.4, 0.5) is 13.2 Å². The fourth-order valence-electron chi connectivity index (χ4n) is 0.718. The van der Waals surface area contributed by atoms with Gasteiger partial charge in [-0.1, -0.05) is 0 Å². The van der Waals surface area contributed by atoms with Gasteiger partial charge in [0.1, 0.15) is 0 Å². The molecule has 3 nitrogen and oxygen atoms in total. The van der Waals surface area contributed by atoms with Gasteiger partial charge in [-0.3, -0.25) is 0 Å². The molecule has 0 aliphatic heterocycles. The van der Waals surface area contributed by atoms with E-state index < -0.39 is 12.2 Å². The molecule has 0 N–H and O–H groups in total. The summed E-state index contributed by atoms with van der Waals surface area (Å²) < 4.78 is 43.4. The summed E-state index contributed by atoms with van der Waals surface area (Å²) in [5.41, 5.74) is 0. The summed E-state index contributed by atoms with van der Waals surface area (Å²) in [6.07, 6.45) is -3.56. The monoisotopic (exact) mass is 193 g/mol. The zero-order chi connectivity index (χ0) is 9.90. The van der Waals surface area contributed by atoms with Crippen molar-refractivity contribution in [3.05, 3.63) is 18.3 Å². The van der Waals surface area contributed by atoms with Crippen molar-refractivity contribution in [3.8, 4) is 11.6 Å². The molecule has 72 valence electrons. The number of rotatable bonds is 2. The minimum Gasteiger partial charge on any atom is -0.491 e. The average Bonchev–Trinajstić information content (AvgIpc) is 2.02. The van der Waals surface area contributed by atoms with Crippen LogP contribution in [0.3, 0.4) is 0 Å². The number of pyridine rings is 1. The summed E-state index contributed by atoms with van der Waals surface area (Å²) in [5.74, 6) is -0.641. The predicted molar refractivity (Wildman–Crippen MR) is 37.5 cm³/mol. The largest absolute Gasteiger partial charge is 0.574 e. The van der Waals surface area contributed by atoms with Crippen molar-refractivity contribution in [3.63, 3.8) is 0 Å². The van der Waals surface area contributed by atoms with Gasteiger partial charge in [-0.25, -0.2) is 4.98 Å². The first-order valence-corrected chi connectivity index (χ1v) is 3.27. The van der Waals surface area contributed by atoms with Crippen molar-refractivity contribution < 1.29 is 22.6 Å². The van der Waals surface area contributed by atoms with E-state index >= 15 is 0 Å². The van der Waals surface area contributed by atoms with Gasteiger partial charge in [-0.2, -0.15) is 0 Å². The molecule has 0 fully saturated rings. The van der Waals surface area contributed by atoms with Crippen LogP contribution in [0.25, 0.3) is 0 Å². The van der Waals surface area contributed by atoms with Crippen LogP contribution in [-0.2, 0) is 0 Å². The maximum Gasteiger partial charge on any atom is 0.574 e. The molecular formula is C7H6F3NO2. The third-order valence-corrected chi connectivity index (χ3v) is 1.17. The average molecular weight is 193 g/mol. The zero-order valence-electron chi connectivity index (χ0n) is 6.63. The number of halogens is 3. The number of ether oxygens (including phenoxy) is 2. The first kappa shape index (κ1) is 9.63. The number of methoxy groups -OCH3 is 1. The van der Waals surface area contributed by atoms with E-state index in [2.05, 4.69) is 14.5 Å². The molecule has 0 spiro atoms. The zero-order valence-corrected chi connectivity index (χ0v) is 6.63. The molecule has 6 heteroatoms. The Morgan fingerprint density at radius 2 is 2.08 bits per heavy atom. The Hall–Kier alpha value is -1.46. The Morgan fingerprint density at radius 3 is 2.62 bits per heavy atom. The van der Waals surface area contributed by atoms with Gasteiger partial charge in [0.2, 0.25) is 0 Å². The van der Waals surface area contributed by atoms with E-state index in [1.807, 2.05) is 0 Å². The number of aromatic nitrogens is 1. The van der Waals surface area contributed by atoms with E-state index in [-0.39, 0.29) is 5.75 Å². The van der Waals surface area contributed by atoms with E-state index in [0.717, 1.165) is 0 Å². The highest BCUT2D eigenvalue weighted by atomic mass is 19.4. The smallest absolute Gasteiger partial charge is 0.491 e. The van der Waals surface area contributed by atoms with E-state index in [1.165, 1.54) is 25.4 Å². The van der Waals surface area contributed by atoms with Crippen LogP contribution in [0.1, 0.15) is 0 Å². The van der Waals surface area contributed by atoms with Gasteiger partial charge in [0, 0.05) is 6.20 Å². The maximum absolute atomic E-state index is 11.7. The molecule has 13 heavy (non-hydrogen) atoms. The molecule has 1 aromatic rings. The normalized spacial score (nSPS) is 11.1. The first-order chi connectivity index (χ1) is 6.03. The van der Waals surface area contributed by atoms with Crippen LogP contribution in [0.15, 0.2) is 18.3 Å². The molecule has 0 unspecified atom stereocenters. The van der Waals surface area contributed by atoms with Gasteiger partial charge in [0.15, 0.2) is 5.75 Å². The molecule has 0 bridgehead atoms. The Kier molecular flexibility index (Phi) is 2.60. The van der Waals surface area contributed by atoms with E-state index in [9.17, 15) is 13.2 Å². The Balaban J connectivity index is 2.87. The predicted octanol–water partition coefficient (Wildman–Crippen LogP) is 1.99. The lowest BCUT2D eigenvalue weighted by molar-refractivity contribution is -0.276. The van der Waals surface area contributed by atoms with E-state index in [4.69, 9.17) is 0 Å². The number of hydrogen-bond acceptors (Lipinski definition) is 3. The molecule has 0 amide bonds. The highest BCUT2D eigenvalue weighted by Gasteiger charge is 2.33. The summed E-state index contributed by atoms with van der Waals surface area (Å²) >= 11 is 0. The van der Waals surface area contributed by atoms with Crippen molar-refractivity contribution >= 4 is 0 Å². The lowest BCUT2D eigenvalue weighted by Crippen LogP contribution is -2.18. The second-order valence-corrected chi connectivity index (χ2v) is 2.06. The van der Waals surface area contributed by atoms with Gasteiger partial charge < -0.3 is 9.47 Å². The fourth-order valence-corrected chi connectivity index (χ4v) is 0.718. The highest BCUT2D eigenvalue weighted by molar-refractivity contribution is 5.32. The molecule has 0 saturated heterocycles.